The molecule has 0 unspecified atom stereocenters. The fraction of sp³-hybridized carbons (Fsp3) is 0. The van der Waals surface area contributed by atoms with Crippen LogP contribution in [0.3, 0.4) is 0 Å². The van der Waals surface area contributed by atoms with Gasteiger partial charge in [0.2, 0.25) is 0 Å². The fourth-order valence-electron chi connectivity index (χ4n) is 3.60. The van der Waals surface area contributed by atoms with Crippen molar-refractivity contribution in [1.82, 2.24) is 0 Å². The Balaban J connectivity index is 1.60. The summed E-state index contributed by atoms with van der Waals surface area (Å²) >= 11 is 0. The Morgan fingerprint density at radius 2 is 1.19 bits per heavy atom. The molecule has 0 fully saturated rings. The summed E-state index contributed by atoms with van der Waals surface area (Å²) in [6.07, 6.45) is 0. The van der Waals surface area contributed by atoms with Crippen LogP contribution < -0.4 is 5.46 Å². The lowest BCUT2D eigenvalue weighted by molar-refractivity contribution is 0.671. The smallest absolute Gasteiger partial charge is 0.144 e. The SMILES string of the molecule is Bc1cccc2c1oc1ccc(-c3ccc(-c4ccccc4)cc3)cc12. The summed E-state index contributed by atoms with van der Waals surface area (Å²) in [5, 5.41) is 2.36. The zero-order valence-corrected chi connectivity index (χ0v) is 14.6. The maximum absolute atomic E-state index is 6.05. The van der Waals surface area contributed by atoms with E-state index in [-0.39, 0.29) is 0 Å². The minimum absolute atomic E-state index is 0.943. The van der Waals surface area contributed by atoms with E-state index in [1.54, 1.807) is 0 Å². The Morgan fingerprint density at radius 3 is 1.96 bits per heavy atom. The molecule has 0 spiro atoms. The molecule has 1 heterocycles. The van der Waals surface area contributed by atoms with E-state index in [1.807, 2.05) is 6.07 Å². The molecule has 0 aliphatic rings. The molecule has 0 bridgehead atoms. The number of hydrogen-bond donors (Lipinski definition) is 0. The Labute approximate surface area is 153 Å². The third-order valence-corrected chi connectivity index (χ3v) is 5.02. The molecule has 1 nitrogen and oxygen atoms in total. The second kappa shape index (κ2) is 5.92. The van der Waals surface area contributed by atoms with Crippen LogP contribution in [-0.4, -0.2) is 7.85 Å². The number of fused-ring (bicyclic) bond motifs is 3. The minimum Gasteiger partial charge on any atom is -0.457 e. The molecular formula is C24H17BO. The summed E-state index contributed by atoms with van der Waals surface area (Å²) in [5.41, 5.74) is 8.01. The van der Waals surface area contributed by atoms with Crippen molar-refractivity contribution in [2.45, 2.75) is 0 Å². The standard InChI is InChI=1S/C24H17BO/c25-22-8-4-7-20-21-15-19(13-14-23(21)26-24(20)22)18-11-9-17(10-12-18)16-5-2-1-3-6-16/h1-15H,25H2. The predicted molar refractivity (Wildman–Crippen MR) is 113 cm³/mol. The predicted octanol–water partition coefficient (Wildman–Crippen LogP) is 5.18. The fourth-order valence-corrected chi connectivity index (χ4v) is 3.60. The number of rotatable bonds is 2. The molecule has 0 saturated carbocycles. The van der Waals surface area contributed by atoms with Gasteiger partial charge >= 0.3 is 0 Å². The van der Waals surface area contributed by atoms with Crippen LogP contribution in [0.5, 0.6) is 0 Å². The van der Waals surface area contributed by atoms with E-state index in [2.05, 4.69) is 92.8 Å². The third-order valence-electron chi connectivity index (χ3n) is 5.02. The van der Waals surface area contributed by atoms with E-state index in [0.717, 1.165) is 11.2 Å². The van der Waals surface area contributed by atoms with Crippen LogP contribution in [0.15, 0.2) is 95.4 Å². The van der Waals surface area contributed by atoms with Crippen molar-refractivity contribution >= 4 is 35.2 Å². The summed E-state index contributed by atoms with van der Waals surface area (Å²) in [5.74, 6) is 0. The highest BCUT2D eigenvalue weighted by atomic mass is 16.3. The van der Waals surface area contributed by atoms with Gasteiger partial charge in [-0.05, 0) is 39.8 Å². The first kappa shape index (κ1) is 15.0. The van der Waals surface area contributed by atoms with Gasteiger partial charge in [0.05, 0.1) is 0 Å². The number of hydrogen-bond acceptors (Lipinski definition) is 1. The van der Waals surface area contributed by atoms with Crippen molar-refractivity contribution < 1.29 is 4.42 Å². The van der Waals surface area contributed by atoms with Crippen molar-refractivity contribution in [3.05, 3.63) is 91.0 Å². The minimum atomic E-state index is 0.943. The zero-order valence-electron chi connectivity index (χ0n) is 14.6. The first-order valence-corrected chi connectivity index (χ1v) is 8.87. The van der Waals surface area contributed by atoms with E-state index < -0.39 is 0 Å². The van der Waals surface area contributed by atoms with Gasteiger partial charge in [0, 0.05) is 10.8 Å². The lowest BCUT2D eigenvalue weighted by Crippen LogP contribution is -2.00. The number of benzene rings is 4. The van der Waals surface area contributed by atoms with Crippen LogP contribution in [-0.2, 0) is 0 Å². The van der Waals surface area contributed by atoms with Gasteiger partial charge in [-0.15, -0.1) is 0 Å². The van der Waals surface area contributed by atoms with Gasteiger partial charge in [0.1, 0.15) is 19.0 Å². The molecule has 26 heavy (non-hydrogen) atoms. The lowest BCUT2D eigenvalue weighted by Gasteiger charge is -2.05. The van der Waals surface area contributed by atoms with Crippen molar-refractivity contribution in [2.75, 3.05) is 0 Å². The highest BCUT2D eigenvalue weighted by molar-refractivity contribution is 6.39. The molecule has 0 N–H and O–H groups in total. The molecule has 0 aliphatic carbocycles. The third kappa shape index (κ3) is 2.43. The van der Waals surface area contributed by atoms with Gasteiger partial charge in [-0.1, -0.05) is 78.9 Å². The highest BCUT2D eigenvalue weighted by Gasteiger charge is 2.10. The normalized spacial score (nSPS) is 11.2. The monoisotopic (exact) mass is 332 g/mol. The lowest BCUT2D eigenvalue weighted by atomic mass is 9.93. The molecule has 0 amide bonds. The Hall–Kier alpha value is -3.26. The topological polar surface area (TPSA) is 13.1 Å². The van der Waals surface area contributed by atoms with Crippen LogP contribution >= 0.6 is 0 Å². The van der Waals surface area contributed by atoms with E-state index in [0.29, 0.717) is 0 Å². The first-order chi connectivity index (χ1) is 12.8. The van der Waals surface area contributed by atoms with Crippen LogP contribution in [0.1, 0.15) is 0 Å². The van der Waals surface area contributed by atoms with E-state index in [9.17, 15) is 0 Å². The Bertz CT molecular complexity index is 1220. The Kier molecular flexibility index (Phi) is 3.43. The van der Waals surface area contributed by atoms with Crippen molar-refractivity contribution in [1.29, 1.82) is 0 Å². The zero-order chi connectivity index (χ0) is 17.5. The van der Waals surface area contributed by atoms with E-state index >= 15 is 0 Å². The van der Waals surface area contributed by atoms with Gasteiger partial charge in [-0.25, -0.2) is 0 Å². The largest absolute Gasteiger partial charge is 0.457 e. The second-order valence-corrected chi connectivity index (χ2v) is 6.71. The maximum atomic E-state index is 6.05. The molecule has 0 aliphatic heterocycles. The molecule has 0 atom stereocenters. The van der Waals surface area contributed by atoms with Gasteiger partial charge in [-0.3, -0.25) is 0 Å². The van der Waals surface area contributed by atoms with Gasteiger partial charge in [0.25, 0.3) is 0 Å². The molecule has 5 rings (SSSR count). The Morgan fingerprint density at radius 1 is 0.538 bits per heavy atom. The van der Waals surface area contributed by atoms with Gasteiger partial charge in [0.15, 0.2) is 0 Å². The highest BCUT2D eigenvalue weighted by Crippen LogP contribution is 2.32. The molecule has 0 radical (unpaired) electrons. The van der Waals surface area contributed by atoms with E-state index in [4.69, 9.17) is 4.42 Å². The molecule has 1 aromatic heterocycles. The quantitative estimate of drug-likeness (QED) is 0.406. The second-order valence-electron chi connectivity index (χ2n) is 6.71. The summed E-state index contributed by atoms with van der Waals surface area (Å²) in [6, 6.07) is 32.0. The summed E-state index contributed by atoms with van der Waals surface area (Å²) < 4.78 is 6.05. The van der Waals surface area contributed by atoms with Crippen molar-refractivity contribution in [3.63, 3.8) is 0 Å². The maximum Gasteiger partial charge on any atom is 0.144 e. The van der Waals surface area contributed by atoms with Crippen molar-refractivity contribution in [2.24, 2.45) is 0 Å². The molecule has 5 aromatic rings. The van der Waals surface area contributed by atoms with Crippen LogP contribution in [0, 0.1) is 0 Å². The summed E-state index contributed by atoms with van der Waals surface area (Å²) in [7, 11) is 2.09. The van der Waals surface area contributed by atoms with E-state index in [1.165, 1.54) is 38.5 Å². The number of para-hydroxylation sites is 1. The van der Waals surface area contributed by atoms with Crippen LogP contribution in [0.2, 0.25) is 0 Å². The van der Waals surface area contributed by atoms with Crippen molar-refractivity contribution in [3.8, 4) is 22.3 Å². The molecule has 122 valence electrons. The molecule has 4 aromatic carbocycles. The average molecular weight is 332 g/mol. The average Bonchev–Trinajstić information content (AvgIpc) is 3.08. The van der Waals surface area contributed by atoms with Gasteiger partial charge in [-0.2, -0.15) is 0 Å². The van der Waals surface area contributed by atoms with Gasteiger partial charge < -0.3 is 4.42 Å². The van der Waals surface area contributed by atoms with Crippen LogP contribution in [0.25, 0.3) is 44.2 Å². The summed E-state index contributed by atoms with van der Waals surface area (Å²) in [6.45, 7) is 0. The molecule has 2 heteroatoms. The molecular weight excluding hydrogens is 315 g/mol. The summed E-state index contributed by atoms with van der Waals surface area (Å²) in [4.78, 5) is 0. The first-order valence-electron chi connectivity index (χ1n) is 8.87. The molecule has 0 saturated heterocycles. The number of furan rings is 1. The van der Waals surface area contributed by atoms with Crippen LogP contribution in [0.4, 0.5) is 0 Å².